The first-order chi connectivity index (χ1) is 11.1. The largest absolute Gasteiger partial charge is 0.338 e. The van der Waals surface area contributed by atoms with Gasteiger partial charge in [0.1, 0.15) is 5.82 Å². The van der Waals surface area contributed by atoms with E-state index in [1.807, 2.05) is 0 Å². The minimum Gasteiger partial charge on any atom is -0.338 e. The number of H-pyrrole nitrogens is 1. The summed E-state index contributed by atoms with van der Waals surface area (Å²) in [6.45, 7) is 1.04. The Morgan fingerprint density at radius 2 is 2.22 bits per heavy atom. The van der Waals surface area contributed by atoms with Crippen LogP contribution in [-0.4, -0.2) is 45.0 Å². The van der Waals surface area contributed by atoms with Crippen LogP contribution in [0.1, 0.15) is 23.2 Å². The quantitative estimate of drug-likeness (QED) is 0.898. The van der Waals surface area contributed by atoms with Crippen LogP contribution in [0.2, 0.25) is 5.02 Å². The molecule has 0 spiro atoms. The van der Waals surface area contributed by atoms with Crippen LogP contribution in [0, 0.1) is 5.92 Å². The molecule has 0 saturated carbocycles. The predicted octanol–water partition coefficient (Wildman–Crippen LogP) is 1.95. The lowest BCUT2D eigenvalue weighted by Gasteiger charge is -2.31. The Bertz CT molecular complexity index is 686. The van der Waals surface area contributed by atoms with Gasteiger partial charge in [-0.1, -0.05) is 11.6 Å². The van der Waals surface area contributed by atoms with E-state index in [4.69, 9.17) is 11.6 Å². The molecule has 0 aliphatic carbocycles. The first-order valence-corrected chi connectivity index (χ1v) is 7.72. The van der Waals surface area contributed by atoms with Crippen LogP contribution < -0.4 is 5.32 Å². The zero-order chi connectivity index (χ0) is 16.2. The van der Waals surface area contributed by atoms with Gasteiger partial charge in [0.25, 0.3) is 5.91 Å². The van der Waals surface area contributed by atoms with Gasteiger partial charge in [-0.05, 0) is 25.0 Å². The molecule has 2 amide bonds. The van der Waals surface area contributed by atoms with E-state index in [-0.39, 0.29) is 17.7 Å². The van der Waals surface area contributed by atoms with Crippen molar-refractivity contribution in [1.82, 2.24) is 20.1 Å². The van der Waals surface area contributed by atoms with E-state index in [9.17, 15) is 9.59 Å². The highest BCUT2D eigenvalue weighted by molar-refractivity contribution is 6.30. The molecule has 0 bridgehead atoms. The van der Waals surface area contributed by atoms with Gasteiger partial charge in [0.15, 0.2) is 0 Å². The summed E-state index contributed by atoms with van der Waals surface area (Å²) in [6.07, 6.45) is 6.06. The highest BCUT2D eigenvalue weighted by Crippen LogP contribution is 2.20. The lowest BCUT2D eigenvalue weighted by molar-refractivity contribution is -0.121. The molecule has 2 N–H and O–H groups in total. The monoisotopic (exact) mass is 333 g/mol. The average Bonchev–Trinajstić information content (AvgIpc) is 3.11. The van der Waals surface area contributed by atoms with Crippen molar-refractivity contribution in [2.75, 3.05) is 18.4 Å². The fourth-order valence-electron chi connectivity index (χ4n) is 2.60. The Kier molecular flexibility index (Phi) is 4.57. The molecule has 8 heteroatoms. The van der Waals surface area contributed by atoms with Gasteiger partial charge in [-0.15, -0.1) is 0 Å². The van der Waals surface area contributed by atoms with Crippen LogP contribution in [0.3, 0.4) is 0 Å². The molecule has 1 atom stereocenters. The van der Waals surface area contributed by atoms with E-state index < -0.39 is 0 Å². The van der Waals surface area contributed by atoms with Crippen LogP contribution in [0.4, 0.5) is 5.82 Å². The maximum Gasteiger partial charge on any atom is 0.257 e. The number of piperidine rings is 1. The van der Waals surface area contributed by atoms with Crippen molar-refractivity contribution in [2.45, 2.75) is 12.8 Å². The Hall–Kier alpha value is -2.41. The number of rotatable bonds is 3. The first kappa shape index (κ1) is 15.5. The van der Waals surface area contributed by atoms with Gasteiger partial charge in [-0.25, -0.2) is 4.98 Å². The van der Waals surface area contributed by atoms with Crippen LogP contribution >= 0.6 is 11.6 Å². The molecule has 120 valence electrons. The fourth-order valence-corrected chi connectivity index (χ4v) is 2.72. The molecular formula is C15H16ClN5O2. The molecule has 3 rings (SSSR count). The van der Waals surface area contributed by atoms with Crippen molar-refractivity contribution in [3.05, 3.63) is 41.3 Å². The molecule has 2 aromatic heterocycles. The number of halogens is 1. The molecule has 0 radical (unpaired) electrons. The van der Waals surface area contributed by atoms with Gasteiger partial charge in [-0.3, -0.25) is 14.7 Å². The lowest BCUT2D eigenvalue weighted by atomic mass is 9.96. The third kappa shape index (κ3) is 3.68. The molecule has 2 aromatic rings. The van der Waals surface area contributed by atoms with E-state index in [0.717, 1.165) is 12.8 Å². The van der Waals surface area contributed by atoms with Crippen molar-refractivity contribution in [3.8, 4) is 0 Å². The summed E-state index contributed by atoms with van der Waals surface area (Å²) in [6, 6.07) is 3.32. The molecule has 1 aliphatic heterocycles. The summed E-state index contributed by atoms with van der Waals surface area (Å²) in [5, 5.41) is 9.69. The average molecular weight is 334 g/mol. The van der Waals surface area contributed by atoms with Gasteiger partial charge in [0.2, 0.25) is 5.91 Å². The first-order valence-electron chi connectivity index (χ1n) is 7.34. The van der Waals surface area contributed by atoms with E-state index in [2.05, 4.69) is 20.5 Å². The molecule has 3 heterocycles. The topological polar surface area (TPSA) is 91.0 Å². The predicted molar refractivity (Wildman–Crippen MR) is 85.1 cm³/mol. The van der Waals surface area contributed by atoms with E-state index in [1.165, 1.54) is 12.4 Å². The van der Waals surface area contributed by atoms with E-state index >= 15 is 0 Å². The zero-order valence-corrected chi connectivity index (χ0v) is 13.1. The molecule has 1 saturated heterocycles. The van der Waals surface area contributed by atoms with Gasteiger partial charge >= 0.3 is 0 Å². The molecule has 0 aromatic carbocycles. The molecule has 7 nitrogen and oxygen atoms in total. The fraction of sp³-hybridized carbons (Fsp3) is 0.333. The number of pyridine rings is 1. The number of aromatic nitrogens is 3. The second-order valence-electron chi connectivity index (χ2n) is 5.43. The smallest absolute Gasteiger partial charge is 0.257 e. The number of carbonyl (C=O) groups is 2. The summed E-state index contributed by atoms with van der Waals surface area (Å²) < 4.78 is 0. The van der Waals surface area contributed by atoms with Crippen LogP contribution in [0.5, 0.6) is 0 Å². The van der Waals surface area contributed by atoms with Gasteiger partial charge in [-0.2, -0.15) is 5.10 Å². The summed E-state index contributed by atoms with van der Waals surface area (Å²) >= 11 is 5.77. The summed E-state index contributed by atoms with van der Waals surface area (Å²) in [5.41, 5.74) is 0.505. The number of amides is 2. The summed E-state index contributed by atoms with van der Waals surface area (Å²) in [5.74, 6) is -0.0415. The maximum absolute atomic E-state index is 12.4. The highest BCUT2D eigenvalue weighted by Gasteiger charge is 2.29. The normalized spacial score (nSPS) is 17.8. The van der Waals surface area contributed by atoms with Crippen molar-refractivity contribution in [2.24, 2.45) is 5.92 Å². The number of carbonyl (C=O) groups excluding carboxylic acids is 2. The van der Waals surface area contributed by atoms with Gasteiger partial charge < -0.3 is 10.2 Å². The maximum atomic E-state index is 12.4. The Morgan fingerprint density at radius 1 is 1.35 bits per heavy atom. The molecule has 1 fully saturated rings. The second-order valence-corrected chi connectivity index (χ2v) is 5.86. The zero-order valence-electron chi connectivity index (χ0n) is 12.3. The Morgan fingerprint density at radius 3 is 2.91 bits per heavy atom. The number of nitrogens with one attached hydrogen (secondary N) is 2. The number of aromatic amines is 1. The third-order valence-electron chi connectivity index (χ3n) is 3.80. The minimum absolute atomic E-state index is 0.110. The Balaban J connectivity index is 1.62. The molecule has 23 heavy (non-hydrogen) atoms. The van der Waals surface area contributed by atoms with Crippen LogP contribution in [0.15, 0.2) is 30.7 Å². The summed E-state index contributed by atoms with van der Waals surface area (Å²) in [7, 11) is 0. The standard InChI is InChI=1S/C15H16ClN5O2/c16-12-3-4-13(17-8-12)20-14(22)10-2-1-5-21(9-10)15(23)11-6-18-19-7-11/h3-4,6-8,10H,1-2,5,9H2,(H,18,19)(H,17,20,22)/t10-/m1/s1. The lowest BCUT2D eigenvalue weighted by Crippen LogP contribution is -2.43. The SMILES string of the molecule is O=C(Nc1ccc(Cl)cn1)[C@@H]1CCCN(C(=O)c2cn[nH]c2)C1. The number of likely N-dealkylation sites (tertiary alicyclic amines) is 1. The van der Waals surface area contributed by atoms with E-state index in [1.54, 1.807) is 23.2 Å². The second kappa shape index (κ2) is 6.78. The van der Waals surface area contributed by atoms with Crippen molar-refractivity contribution < 1.29 is 9.59 Å². The molecule has 1 aliphatic rings. The highest BCUT2D eigenvalue weighted by atomic mass is 35.5. The van der Waals surface area contributed by atoms with Crippen LogP contribution in [0.25, 0.3) is 0 Å². The van der Waals surface area contributed by atoms with Gasteiger partial charge in [0, 0.05) is 25.5 Å². The van der Waals surface area contributed by atoms with Crippen molar-refractivity contribution >= 4 is 29.2 Å². The number of anilines is 1. The van der Waals surface area contributed by atoms with Crippen molar-refractivity contribution in [1.29, 1.82) is 0 Å². The number of hydrogen-bond acceptors (Lipinski definition) is 4. The van der Waals surface area contributed by atoms with Crippen molar-refractivity contribution in [3.63, 3.8) is 0 Å². The number of hydrogen-bond donors (Lipinski definition) is 2. The number of nitrogens with zero attached hydrogens (tertiary/aromatic N) is 3. The third-order valence-corrected chi connectivity index (χ3v) is 4.03. The Labute approximate surface area is 138 Å². The molecule has 0 unspecified atom stereocenters. The van der Waals surface area contributed by atoms with Crippen LogP contribution in [-0.2, 0) is 4.79 Å². The summed E-state index contributed by atoms with van der Waals surface area (Å²) in [4.78, 5) is 30.4. The molecular weight excluding hydrogens is 318 g/mol. The van der Waals surface area contributed by atoms with E-state index in [0.29, 0.717) is 29.5 Å². The van der Waals surface area contributed by atoms with Gasteiger partial charge in [0.05, 0.1) is 22.7 Å². The minimum atomic E-state index is -0.253.